The highest BCUT2D eigenvalue weighted by Gasteiger charge is 2.40. The minimum Gasteiger partial charge on any atom is -0.466 e. The Kier molecular flexibility index (Phi) is 5.16. The van der Waals surface area contributed by atoms with Gasteiger partial charge in [-0.15, -0.1) is 0 Å². The Morgan fingerprint density at radius 3 is 2.39 bits per heavy atom. The summed E-state index contributed by atoms with van der Waals surface area (Å²) in [7, 11) is 0. The van der Waals surface area contributed by atoms with Gasteiger partial charge in [0.05, 0.1) is 12.5 Å². The van der Waals surface area contributed by atoms with E-state index in [2.05, 4.69) is 52.3 Å². The Morgan fingerprint density at radius 1 is 1.04 bits per heavy atom. The maximum absolute atomic E-state index is 12.4. The number of halogens is 1. The highest BCUT2D eigenvalue weighted by atomic mass is 79.9. The van der Waals surface area contributed by atoms with E-state index >= 15 is 0 Å². The van der Waals surface area contributed by atoms with Gasteiger partial charge >= 0.3 is 5.97 Å². The van der Waals surface area contributed by atoms with E-state index in [1.165, 1.54) is 11.1 Å². The summed E-state index contributed by atoms with van der Waals surface area (Å²) < 4.78 is 6.40. The monoisotopic (exact) mass is 372 g/mol. The van der Waals surface area contributed by atoms with Crippen molar-refractivity contribution in [2.75, 3.05) is 6.61 Å². The summed E-state index contributed by atoms with van der Waals surface area (Å²) in [5.74, 6) is 0.534. The third-order valence-electron chi connectivity index (χ3n) is 4.72. The van der Waals surface area contributed by atoms with Gasteiger partial charge in [-0.1, -0.05) is 58.4 Å². The van der Waals surface area contributed by atoms with Gasteiger partial charge in [-0.05, 0) is 54.9 Å². The predicted octanol–water partition coefficient (Wildman–Crippen LogP) is 5.29. The van der Waals surface area contributed by atoms with Crippen LogP contribution in [0.1, 0.15) is 42.7 Å². The molecule has 2 nitrogen and oxygen atoms in total. The van der Waals surface area contributed by atoms with Gasteiger partial charge in [0.25, 0.3) is 0 Å². The summed E-state index contributed by atoms with van der Waals surface area (Å²) in [6, 6.07) is 18.8. The predicted molar refractivity (Wildman–Crippen MR) is 95.4 cm³/mol. The molecule has 0 bridgehead atoms. The molecule has 0 spiro atoms. The van der Waals surface area contributed by atoms with Crippen molar-refractivity contribution in [3.8, 4) is 0 Å². The lowest BCUT2D eigenvalue weighted by Gasteiger charge is -2.18. The van der Waals surface area contributed by atoms with Crippen LogP contribution in [-0.4, -0.2) is 12.6 Å². The van der Waals surface area contributed by atoms with Crippen LogP contribution in [0.15, 0.2) is 59.1 Å². The van der Waals surface area contributed by atoms with Crippen LogP contribution in [0.5, 0.6) is 0 Å². The minimum absolute atomic E-state index is 0.0543. The molecule has 3 heteroatoms. The topological polar surface area (TPSA) is 26.3 Å². The molecule has 0 radical (unpaired) electrons. The number of benzene rings is 2. The van der Waals surface area contributed by atoms with Crippen molar-refractivity contribution in [1.82, 2.24) is 0 Å². The fraction of sp³-hybridized carbons (Fsp3) is 0.350. The van der Waals surface area contributed by atoms with Crippen LogP contribution in [-0.2, 0) is 9.53 Å². The summed E-state index contributed by atoms with van der Waals surface area (Å²) in [5, 5.41) is 0. The largest absolute Gasteiger partial charge is 0.466 e. The van der Waals surface area contributed by atoms with Gasteiger partial charge in [0.1, 0.15) is 0 Å². The van der Waals surface area contributed by atoms with E-state index in [0.717, 1.165) is 17.3 Å². The molecule has 1 fully saturated rings. The Balaban J connectivity index is 1.87. The van der Waals surface area contributed by atoms with Crippen molar-refractivity contribution in [2.45, 2.75) is 31.6 Å². The number of rotatable bonds is 4. The normalized spacial score (nSPS) is 23.7. The lowest BCUT2D eigenvalue weighted by molar-refractivity contribution is -0.148. The van der Waals surface area contributed by atoms with Gasteiger partial charge in [0, 0.05) is 4.47 Å². The summed E-state index contributed by atoms with van der Waals surface area (Å²) in [6.07, 6.45) is 1.86. The van der Waals surface area contributed by atoms with Crippen molar-refractivity contribution in [3.05, 3.63) is 70.2 Å². The first-order valence-corrected chi connectivity index (χ1v) is 8.95. The molecule has 23 heavy (non-hydrogen) atoms. The molecule has 2 aromatic rings. The van der Waals surface area contributed by atoms with E-state index < -0.39 is 0 Å². The summed E-state index contributed by atoms with van der Waals surface area (Å²) >= 11 is 3.48. The molecule has 0 amide bonds. The van der Waals surface area contributed by atoms with Gasteiger partial charge in [0.15, 0.2) is 0 Å². The molecule has 0 aromatic heterocycles. The summed E-state index contributed by atoms with van der Waals surface area (Å²) in [4.78, 5) is 12.4. The van der Waals surface area contributed by atoms with Crippen molar-refractivity contribution >= 4 is 21.9 Å². The van der Waals surface area contributed by atoms with Crippen LogP contribution < -0.4 is 0 Å². The Bertz CT molecular complexity index is 651. The van der Waals surface area contributed by atoms with Crippen molar-refractivity contribution in [1.29, 1.82) is 0 Å². The molecular formula is C20H21BrO2. The van der Waals surface area contributed by atoms with E-state index in [0.29, 0.717) is 12.5 Å². The second kappa shape index (κ2) is 7.31. The zero-order valence-electron chi connectivity index (χ0n) is 13.2. The zero-order valence-corrected chi connectivity index (χ0v) is 14.8. The van der Waals surface area contributed by atoms with Crippen LogP contribution in [0.4, 0.5) is 0 Å². The van der Waals surface area contributed by atoms with Crippen molar-refractivity contribution in [3.63, 3.8) is 0 Å². The van der Waals surface area contributed by atoms with Gasteiger partial charge < -0.3 is 4.74 Å². The van der Waals surface area contributed by atoms with E-state index in [1.807, 2.05) is 25.1 Å². The summed E-state index contributed by atoms with van der Waals surface area (Å²) in [5.41, 5.74) is 2.55. The minimum atomic E-state index is -0.0566. The maximum atomic E-state index is 12.4. The van der Waals surface area contributed by atoms with Crippen LogP contribution >= 0.6 is 15.9 Å². The van der Waals surface area contributed by atoms with Crippen LogP contribution in [0.25, 0.3) is 0 Å². The maximum Gasteiger partial charge on any atom is 0.309 e. The first kappa shape index (κ1) is 16.3. The molecule has 0 aliphatic heterocycles. The van der Waals surface area contributed by atoms with E-state index in [-0.39, 0.29) is 17.8 Å². The average Bonchev–Trinajstić information content (AvgIpc) is 3.02. The molecule has 1 aliphatic rings. The van der Waals surface area contributed by atoms with Crippen LogP contribution in [0, 0.1) is 5.92 Å². The number of hydrogen-bond donors (Lipinski definition) is 0. The number of hydrogen-bond acceptors (Lipinski definition) is 2. The standard InChI is InChI=1S/C20H21BrO2/c1-2-23-20(22)19-13-16(14-6-4-3-5-7-14)12-18(19)15-8-10-17(21)11-9-15/h3-11,16,18-19H,2,12-13H2,1H3/t16-,18-,19-/m1/s1. The quantitative estimate of drug-likeness (QED) is 0.681. The molecule has 3 atom stereocenters. The SMILES string of the molecule is CCOC(=O)[C@@H]1C[C@H](c2ccccc2)C[C@@H]1c1ccc(Br)cc1. The fourth-order valence-electron chi connectivity index (χ4n) is 3.62. The van der Waals surface area contributed by atoms with E-state index in [1.54, 1.807) is 0 Å². The molecule has 2 aromatic carbocycles. The lowest BCUT2D eigenvalue weighted by Crippen LogP contribution is -2.20. The van der Waals surface area contributed by atoms with Gasteiger partial charge in [-0.2, -0.15) is 0 Å². The first-order valence-electron chi connectivity index (χ1n) is 8.16. The average molecular weight is 373 g/mol. The first-order chi connectivity index (χ1) is 11.2. The Morgan fingerprint density at radius 2 is 1.74 bits per heavy atom. The number of carbonyl (C=O) groups excluding carboxylic acids is 1. The van der Waals surface area contributed by atoms with Crippen LogP contribution in [0.3, 0.4) is 0 Å². The van der Waals surface area contributed by atoms with Crippen molar-refractivity contribution in [2.24, 2.45) is 5.92 Å². The number of esters is 1. The molecule has 3 rings (SSSR count). The molecule has 0 unspecified atom stereocenters. The third kappa shape index (κ3) is 3.66. The third-order valence-corrected chi connectivity index (χ3v) is 5.25. The molecule has 0 N–H and O–H groups in total. The molecule has 120 valence electrons. The molecule has 0 heterocycles. The summed E-state index contributed by atoms with van der Waals surface area (Å²) in [6.45, 7) is 2.31. The number of carbonyl (C=O) groups is 1. The Hall–Kier alpha value is -1.61. The second-order valence-electron chi connectivity index (χ2n) is 6.10. The number of ether oxygens (including phenoxy) is 1. The molecule has 1 aliphatic carbocycles. The lowest BCUT2D eigenvalue weighted by atomic mass is 9.89. The van der Waals surface area contributed by atoms with Crippen LogP contribution in [0.2, 0.25) is 0 Å². The molecular weight excluding hydrogens is 352 g/mol. The van der Waals surface area contributed by atoms with Gasteiger partial charge in [-0.3, -0.25) is 4.79 Å². The second-order valence-corrected chi connectivity index (χ2v) is 7.01. The fourth-order valence-corrected chi connectivity index (χ4v) is 3.89. The highest BCUT2D eigenvalue weighted by Crippen LogP contribution is 2.48. The van der Waals surface area contributed by atoms with Gasteiger partial charge in [0.2, 0.25) is 0 Å². The Labute approximate surface area is 146 Å². The smallest absolute Gasteiger partial charge is 0.309 e. The van der Waals surface area contributed by atoms with E-state index in [9.17, 15) is 4.79 Å². The molecule has 1 saturated carbocycles. The zero-order chi connectivity index (χ0) is 16.2. The van der Waals surface area contributed by atoms with E-state index in [4.69, 9.17) is 4.74 Å². The highest BCUT2D eigenvalue weighted by molar-refractivity contribution is 9.10. The molecule has 0 saturated heterocycles. The van der Waals surface area contributed by atoms with Gasteiger partial charge in [-0.25, -0.2) is 0 Å². The van der Waals surface area contributed by atoms with Crippen molar-refractivity contribution < 1.29 is 9.53 Å².